The number of aromatic nitrogens is 2. The summed E-state index contributed by atoms with van der Waals surface area (Å²) in [5, 5.41) is 14.7. The molecule has 15 heavy (non-hydrogen) atoms. The molecule has 1 aromatic heterocycles. The summed E-state index contributed by atoms with van der Waals surface area (Å²) in [6, 6.07) is 4.82. The van der Waals surface area contributed by atoms with Gasteiger partial charge in [-0.3, -0.25) is 0 Å². The van der Waals surface area contributed by atoms with Crippen molar-refractivity contribution in [3.63, 3.8) is 0 Å². The molecule has 0 aliphatic heterocycles. The molecular formula is C11H20N4. The van der Waals surface area contributed by atoms with E-state index >= 15 is 0 Å². The van der Waals surface area contributed by atoms with Crippen molar-refractivity contribution in [3.8, 4) is 0 Å². The summed E-state index contributed by atoms with van der Waals surface area (Å²) in [6.45, 7) is 9.16. The Morgan fingerprint density at radius 3 is 2.27 bits per heavy atom. The minimum atomic E-state index is 0.388. The smallest absolute Gasteiger partial charge is 0.148 e. The molecule has 0 atom stereocenters. The lowest BCUT2D eigenvalue weighted by atomic mass is 10.3. The van der Waals surface area contributed by atoms with Crippen LogP contribution in [-0.2, 0) is 6.54 Å². The fourth-order valence-electron chi connectivity index (χ4n) is 1.14. The second kappa shape index (κ2) is 5.66. The predicted octanol–water partition coefficient (Wildman–Crippen LogP) is 1.79. The summed E-state index contributed by atoms with van der Waals surface area (Å²) >= 11 is 0. The Labute approximate surface area is 91.5 Å². The van der Waals surface area contributed by atoms with E-state index in [0.29, 0.717) is 12.1 Å². The van der Waals surface area contributed by atoms with Crippen LogP contribution in [0.1, 0.15) is 33.4 Å². The highest BCUT2D eigenvalue weighted by Crippen LogP contribution is 2.03. The number of hydrogen-bond acceptors (Lipinski definition) is 4. The zero-order chi connectivity index (χ0) is 11.3. The zero-order valence-corrected chi connectivity index (χ0v) is 9.91. The van der Waals surface area contributed by atoms with Gasteiger partial charge in [-0.15, -0.1) is 5.10 Å². The SMILES string of the molecule is CC(C)NCc1ccc(NC(C)C)nn1. The molecule has 4 heteroatoms. The highest BCUT2D eigenvalue weighted by atomic mass is 15.2. The molecule has 1 aromatic rings. The number of nitrogens with one attached hydrogen (secondary N) is 2. The van der Waals surface area contributed by atoms with Crippen LogP contribution in [-0.4, -0.2) is 22.3 Å². The molecule has 0 bridgehead atoms. The first-order valence-corrected chi connectivity index (χ1v) is 5.40. The third kappa shape index (κ3) is 4.74. The number of anilines is 1. The molecule has 0 radical (unpaired) electrons. The lowest BCUT2D eigenvalue weighted by molar-refractivity contribution is 0.577. The van der Waals surface area contributed by atoms with Crippen molar-refractivity contribution in [1.82, 2.24) is 15.5 Å². The third-order valence-corrected chi connectivity index (χ3v) is 1.85. The van der Waals surface area contributed by atoms with Crippen LogP contribution in [0.15, 0.2) is 12.1 Å². The lowest BCUT2D eigenvalue weighted by Gasteiger charge is -2.09. The molecule has 2 N–H and O–H groups in total. The molecule has 0 saturated carbocycles. The van der Waals surface area contributed by atoms with E-state index < -0.39 is 0 Å². The summed E-state index contributed by atoms with van der Waals surface area (Å²) in [5.74, 6) is 0.832. The van der Waals surface area contributed by atoms with E-state index in [1.54, 1.807) is 0 Å². The first-order valence-electron chi connectivity index (χ1n) is 5.40. The van der Waals surface area contributed by atoms with Crippen LogP contribution in [0.2, 0.25) is 0 Å². The molecule has 4 nitrogen and oxygen atoms in total. The average Bonchev–Trinajstić information content (AvgIpc) is 2.16. The van der Waals surface area contributed by atoms with E-state index in [9.17, 15) is 0 Å². The standard InChI is InChI=1S/C11H20N4/c1-8(2)12-7-10-5-6-11(15-14-10)13-9(3)4/h5-6,8-9,12H,7H2,1-4H3,(H,13,15). The van der Waals surface area contributed by atoms with Gasteiger partial charge in [0.15, 0.2) is 0 Å². The Balaban J connectivity index is 2.49. The summed E-state index contributed by atoms with van der Waals surface area (Å²) in [4.78, 5) is 0. The van der Waals surface area contributed by atoms with E-state index in [1.165, 1.54) is 0 Å². The van der Waals surface area contributed by atoms with Crippen molar-refractivity contribution >= 4 is 5.82 Å². The van der Waals surface area contributed by atoms with Crippen molar-refractivity contribution in [2.24, 2.45) is 0 Å². The Morgan fingerprint density at radius 2 is 1.80 bits per heavy atom. The van der Waals surface area contributed by atoms with Crippen molar-refractivity contribution in [2.75, 3.05) is 5.32 Å². The maximum absolute atomic E-state index is 4.13. The lowest BCUT2D eigenvalue weighted by Crippen LogP contribution is -2.22. The van der Waals surface area contributed by atoms with Crippen LogP contribution in [0.3, 0.4) is 0 Å². The van der Waals surface area contributed by atoms with E-state index in [-0.39, 0.29) is 0 Å². The number of nitrogens with zero attached hydrogens (tertiary/aromatic N) is 2. The van der Waals surface area contributed by atoms with Gasteiger partial charge in [0.05, 0.1) is 5.69 Å². The molecular weight excluding hydrogens is 188 g/mol. The first kappa shape index (κ1) is 11.9. The highest BCUT2D eigenvalue weighted by Gasteiger charge is 1.99. The van der Waals surface area contributed by atoms with E-state index in [1.807, 2.05) is 12.1 Å². The Bertz CT molecular complexity index is 279. The first-order chi connectivity index (χ1) is 7.08. The average molecular weight is 208 g/mol. The van der Waals surface area contributed by atoms with Crippen molar-refractivity contribution in [3.05, 3.63) is 17.8 Å². The summed E-state index contributed by atoms with van der Waals surface area (Å²) < 4.78 is 0. The van der Waals surface area contributed by atoms with Gasteiger partial charge in [-0.05, 0) is 26.0 Å². The van der Waals surface area contributed by atoms with Gasteiger partial charge in [0.2, 0.25) is 0 Å². The second-order valence-corrected chi connectivity index (χ2v) is 4.24. The molecule has 1 heterocycles. The van der Waals surface area contributed by atoms with Crippen molar-refractivity contribution in [2.45, 2.75) is 46.3 Å². The van der Waals surface area contributed by atoms with Gasteiger partial charge in [0.1, 0.15) is 5.82 Å². The van der Waals surface area contributed by atoms with E-state index in [4.69, 9.17) is 0 Å². The fourth-order valence-corrected chi connectivity index (χ4v) is 1.14. The summed E-state index contributed by atoms with van der Waals surface area (Å²) in [6.07, 6.45) is 0. The minimum Gasteiger partial charge on any atom is -0.366 e. The van der Waals surface area contributed by atoms with Gasteiger partial charge >= 0.3 is 0 Å². The molecule has 0 aliphatic rings. The maximum atomic E-state index is 4.13. The third-order valence-electron chi connectivity index (χ3n) is 1.85. The van der Waals surface area contributed by atoms with Crippen LogP contribution in [0, 0.1) is 0 Å². The van der Waals surface area contributed by atoms with Gasteiger partial charge in [-0.25, -0.2) is 0 Å². The van der Waals surface area contributed by atoms with Gasteiger partial charge in [0, 0.05) is 18.6 Å². The molecule has 0 unspecified atom stereocenters. The minimum absolute atomic E-state index is 0.388. The summed E-state index contributed by atoms with van der Waals surface area (Å²) in [7, 11) is 0. The number of hydrogen-bond donors (Lipinski definition) is 2. The second-order valence-electron chi connectivity index (χ2n) is 4.24. The van der Waals surface area contributed by atoms with E-state index in [2.05, 4.69) is 48.5 Å². The van der Waals surface area contributed by atoms with Gasteiger partial charge < -0.3 is 10.6 Å². The molecule has 84 valence electrons. The van der Waals surface area contributed by atoms with Crippen molar-refractivity contribution in [1.29, 1.82) is 0 Å². The largest absolute Gasteiger partial charge is 0.366 e. The molecule has 0 aliphatic carbocycles. The fraction of sp³-hybridized carbons (Fsp3) is 0.636. The topological polar surface area (TPSA) is 49.8 Å². The summed E-state index contributed by atoms with van der Waals surface area (Å²) in [5.41, 5.74) is 0.970. The Kier molecular flexibility index (Phi) is 4.49. The Hall–Kier alpha value is -1.16. The molecule has 0 fully saturated rings. The molecule has 1 rings (SSSR count). The molecule has 0 saturated heterocycles. The van der Waals surface area contributed by atoms with E-state index in [0.717, 1.165) is 18.1 Å². The van der Waals surface area contributed by atoms with Crippen LogP contribution in [0.5, 0.6) is 0 Å². The van der Waals surface area contributed by atoms with Crippen molar-refractivity contribution < 1.29 is 0 Å². The van der Waals surface area contributed by atoms with Gasteiger partial charge in [-0.2, -0.15) is 5.10 Å². The highest BCUT2D eigenvalue weighted by molar-refractivity contribution is 5.33. The maximum Gasteiger partial charge on any atom is 0.148 e. The van der Waals surface area contributed by atoms with Gasteiger partial charge in [-0.1, -0.05) is 13.8 Å². The van der Waals surface area contributed by atoms with Crippen LogP contribution in [0.4, 0.5) is 5.82 Å². The predicted molar refractivity (Wildman–Crippen MR) is 62.8 cm³/mol. The normalized spacial score (nSPS) is 11.1. The van der Waals surface area contributed by atoms with Crippen LogP contribution < -0.4 is 10.6 Å². The molecule has 0 spiro atoms. The molecule has 0 amide bonds. The quantitative estimate of drug-likeness (QED) is 0.774. The number of rotatable bonds is 5. The Morgan fingerprint density at radius 1 is 1.07 bits per heavy atom. The zero-order valence-electron chi connectivity index (χ0n) is 9.91. The monoisotopic (exact) mass is 208 g/mol. The molecule has 0 aromatic carbocycles. The van der Waals surface area contributed by atoms with Crippen LogP contribution >= 0.6 is 0 Å². The van der Waals surface area contributed by atoms with Crippen LogP contribution in [0.25, 0.3) is 0 Å². The van der Waals surface area contributed by atoms with Gasteiger partial charge in [0.25, 0.3) is 0 Å².